The first-order chi connectivity index (χ1) is 8.81. The van der Waals surface area contributed by atoms with Gasteiger partial charge in [0.05, 0.1) is 10.9 Å². The van der Waals surface area contributed by atoms with Crippen molar-refractivity contribution in [3.8, 4) is 0 Å². The molecule has 1 aromatic heterocycles. The fourth-order valence-electron chi connectivity index (χ4n) is 1.18. The molecule has 1 amide bonds. The summed E-state index contributed by atoms with van der Waals surface area (Å²) >= 11 is 6.60. The van der Waals surface area contributed by atoms with Crippen molar-refractivity contribution in [2.24, 2.45) is 5.73 Å². The average Bonchev–Trinajstić information content (AvgIpc) is 2.74. The lowest BCUT2D eigenvalue weighted by Gasteiger charge is -2.08. The molecule has 1 aromatic rings. The van der Waals surface area contributed by atoms with Crippen molar-refractivity contribution >= 4 is 51.3 Å². The lowest BCUT2D eigenvalue weighted by atomic mass is 10.2. The standard InChI is InChI=1S/C10H16ClN3O3S2.ClH/c1-7(12)4-5-13-9(15)6-14-19(16,17)10-3-2-8(11)18-10;/h2-3,7,14H,4-6,12H2,1H3,(H,13,15);1H. The second-order valence-electron chi connectivity index (χ2n) is 4.00. The zero-order valence-electron chi connectivity index (χ0n) is 10.8. The van der Waals surface area contributed by atoms with Gasteiger partial charge in [0, 0.05) is 12.6 Å². The Kier molecular flexibility index (Phi) is 8.64. The van der Waals surface area contributed by atoms with E-state index < -0.39 is 15.9 Å². The molecule has 1 atom stereocenters. The van der Waals surface area contributed by atoms with Gasteiger partial charge in [0.15, 0.2) is 0 Å². The van der Waals surface area contributed by atoms with Crippen LogP contribution in [0, 0.1) is 0 Å². The molecule has 0 radical (unpaired) electrons. The normalized spacial score (nSPS) is 12.6. The highest BCUT2D eigenvalue weighted by Gasteiger charge is 2.17. The van der Waals surface area contributed by atoms with Crippen LogP contribution in [-0.4, -0.2) is 33.5 Å². The summed E-state index contributed by atoms with van der Waals surface area (Å²) < 4.78 is 26.2. The molecule has 0 spiro atoms. The van der Waals surface area contributed by atoms with Crippen LogP contribution in [0.25, 0.3) is 0 Å². The number of hydrogen-bond donors (Lipinski definition) is 3. The first kappa shape index (κ1) is 19.6. The van der Waals surface area contributed by atoms with E-state index in [1.54, 1.807) is 0 Å². The van der Waals surface area contributed by atoms with E-state index in [0.717, 1.165) is 11.3 Å². The summed E-state index contributed by atoms with van der Waals surface area (Å²) in [6.45, 7) is 1.94. The van der Waals surface area contributed by atoms with Crippen molar-refractivity contribution in [1.29, 1.82) is 0 Å². The smallest absolute Gasteiger partial charge is 0.250 e. The largest absolute Gasteiger partial charge is 0.355 e. The summed E-state index contributed by atoms with van der Waals surface area (Å²) in [4.78, 5) is 11.4. The number of nitrogens with one attached hydrogen (secondary N) is 2. The van der Waals surface area contributed by atoms with Crippen molar-refractivity contribution in [2.75, 3.05) is 13.1 Å². The van der Waals surface area contributed by atoms with Gasteiger partial charge in [0.1, 0.15) is 4.21 Å². The molecule has 1 heterocycles. The Morgan fingerprint density at radius 1 is 1.50 bits per heavy atom. The van der Waals surface area contributed by atoms with Gasteiger partial charge in [-0.1, -0.05) is 11.6 Å². The van der Waals surface area contributed by atoms with Crippen LogP contribution in [0.3, 0.4) is 0 Å². The SMILES string of the molecule is CC(N)CCNC(=O)CNS(=O)(=O)c1ccc(Cl)s1.Cl. The molecule has 1 unspecified atom stereocenters. The zero-order chi connectivity index (χ0) is 14.5. The molecule has 4 N–H and O–H groups in total. The van der Waals surface area contributed by atoms with Crippen LogP contribution in [0.5, 0.6) is 0 Å². The van der Waals surface area contributed by atoms with E-state index in [1.165, 1.54) is 12.1 Å². The summed E-state index contributed by atoms with van der Waals surface area (Å²) in [5, 5.41) is 2.57. The fraction of sp³-hybridized carbons (Fsp3) is 0.500. The Morgan fingerprint density at radius 3 is 2.65 bits per heavy atom. The number of carbonyl (C=O) groups excluding carboxylic acids is 1. The first-order valence-electron chi connectivity index (χ1n) is 5.58. The third-order valence-corrected chi connectivity index (χ3v) is 5.28. The van der Waals surface area contributed by atoms with Crippen molar-refractivity contribution < 1.29 is 13.2 Å². The number of thiophene rings is 1. The highest BCUT2D eigenvalue weighted by Crippen LogP contribution is 2.25. The molecule has 0 aliphatic rings. The van der Waals surface area contributed by atoms with Gasteiger partial charge in [0.2, 0.25) is 5.91 Å². The molecule has 10 heteroatoms. The van der Waals surface area contributed by atoms with Crippen LogP contribution in [0.4, 0.5) is 0 Å². The van der Waals surface area contributed by atoms with Gasteiger partial charge in [-0.2, -0.15) is 0 Å². The van der Waals surface area contributed by atoms with Crippen molar-refractivity contribution in [2.45, 2.75) is 23.6 Å². The average molecular weight is 362 g/mol. The number of hydrogen-bond acceptors (Lipinski definition) is 5. The first-order valence-corrected chi connectivity index (χ1v) is 8.26. The van der Waals surface area contributed by atoms with Gasteiger partial charge >= 0.3 is 0 Å². The predicted molar refractivity (Wildman–Crippen MR) is 83.0 cm³/mol. The van der Waals surface area contributed by atoms with Gasteiger partial charge in [0.25, 0.3) is 10.0 Å². The van der Waals surface area contributed by atoms with Gasteiger partial charge in [-0.05, 0) is 25.5 Å². The van der Waals surface area contributed by atoms with Crippen molar-refractivity contribution in [3.05, 3.63) is 16.5 Å². The minimum atomic E-state index is -3.68. The van der Waals surface area contributed by atoms with Crippen LogP contribution in [0.2, 0.25) is 4.34 Å². The third-order valence-electron chi connectivity index (χ3n) is 2.16. The maximum absolute atomic E-state index is 11.8. The summed E-state index contributed by atoms with van der Waals surface area (Å²) in [7, 11) is -3.68. The molecule has 0 aliphatic heterocycles. The van der Waals surface area contributed by atoms with E-state index in [2.05, 4.69) is 10.0 Å². The Balaban J connectivity index is 0.00000361. The molecular formula is C10H17Cl2N3O3S2. The maximum atomic E-state index is 11.8. The summed E-state index contributed by atoms with van der Waals surface area (Å²) in [6.07, 6.45) is 0.638. The predicted octanol–water partition coefficient (Wildman–Crippen LogP) is 0.955. The van der Waals surface area contributed by atoms with E-state index >= 15 is 0 Å². The molecule has 0 aromatic carbocycles. The Morgan fingerprint density at radius 2 is 2.15 bits per heavy atom. The Hall–Kier alpha value is -0.380. The Labute approximate surface area is 133 Å². The molecular weight excluding hydrogens is 345 g/mol. The highest BCUT2D eigenvalue weighted by molar-refractivity contribution is 7.91. The summed E-state index contributed by atoms with van der Waals surface area (Å²) in [5.41, 5.74) is 5.53. The van der Waals surface area contributed by atoms with Gasteiger partial charge in [-0.3, -0.25) is 4.79 Å². The van der Waals surface area contributed by atoms with E-state index in [9.17, 15) is 13.2 Å². The summed E-state index contributed by atoms with van der Waals surface area (Å²) in [5.74, 6) is -0.396. The molecule has 6 nitrogen and oxygen atoms in total. The minimum absolute atomic E-state index is 0. The monoisotopic (exact) mass is 361 g/mol. The second-order valence-corrected chi connectivity index (χ2v) is 7.71. The van der Waals surface area contributed by atoms with Crippen molar-refractivity contribution in [3.63, 3.8) is 0 Å². The van der Waals surface area contributed by atoms with Crippen LogP contribution in [0.15, 0.2) is 16.3 Å². The highest BCUT2D eigenvalue weighted by atomic mass is 35.5. The van der Waals surface area contributed by atoms with Gasteiger partial charge < -0.3 is 11.1 Å². The second kappa shape index (κ2) is 8.81. The fourth-order valence-corrected chi connectivity index (χ4v) is 3.69. The quantitative estimate of drug-likeness (QED) is 0.672. The Bertz CT molecular complexity index is 532. The minimum Gasteiger partial charge on any atom is -0.355 e. The third kappa shape index (κ3) is 6.87. The van der Waals surface area contributed by atoms with Gasteiger partial charge in [-0.25, -0.2) is 13.1 Å². The van der Waals surface area contributed by atoms with E-state index in [-0.39, 0.29) is 29.2 Å². The van der Waals surface area contributed by atoms with Crippen LogP contribution in [0.1, 0.15) is 13.3 Å². The van der Waals surface area contributed by atoms with Crippen LogP contribution < -0.4 is 15.8 Å². The molecule has 116 valence electrons. The number of amides is 1. The molecule has 20 heavy (non-hydrogen) atoms. The molecule has 1 rings (SSSR count). The van der Waals surface area contributed by atoms with Gasteiger partial charge in [-0.15, -0.1) is 23.7 Å². The number of rotatable bonds is 7. The van der Waals surface area contributed by atoms with E-state index in [1.807, 2.05) is 6.92 Å². The number of nitrogens with two attached hydrogens (primary N) is 1. The zero-order valence-corrected chi connectivity index (χ0v) is 14.0. The lowest BCUT2D eigenvalue weighted by molar-refractivity contribution is -0.119. The van der Waals surface area contributed by atoms with E-state index in [4.69, 9.17) is 17.3 Å². The molecule has 0 saturated carbocycles. The number of sulfonamides is 1. The maximum Gasteiger partial charge on any atom is 0.250 e. The number of carbonyl (C=O) groups is 1. The molecule has 0 aliphatic carbocycles. The topological polar surface area (TPSA) is 101 Å². The van der Waals surface area contributed by atoms with E-state index in [0.29, 0.717) is 17.3 Å². The summed E-state index contributed by atoms with van der Waals surface area (Å²) in [6, 6.07) is 2.87. The molecule has 0 fully saturated rings. The van der Waals surface area contributed by atoms with Crippen LogP contribution >= 0.6 is 35.3 Å². The molecule has 0 saturated heterocycles. The lowest BCUT2D eigenvalue weighted by Crippen LogP contribution is -2.38. The van der Waals surface area contributed by atoms with Crippen molar-refractivity contribution in [1.82, 2.24) is 10.0 Å². The molecule has 0 bridgehead atoms. The number of halogens is 2. The van der Waals surface area contributed by atoms with Crippen LogP contribution in [-0.2, 0) is 14.8 Å².